The summed E-state index contributed by atoms with van der Waals surface area (Å²) in [7, 11) is 1.48. The maximum atomic E-state index is 11.7. The second kappa shape index (κ2) is 7.73. The van der Waals surface area contributed by atoms with Gasteiger partial charge in [0.25, 0.3) is 11.6 Å². The highest BCUT2D eigenvalue weighted by Crippen LogP contribution is 2.31. The Hall–Kier alpha value is -3.29. The third kappa shape index (κ3) is 3.85. The number of ether oxygens (including phenoxy) is 2. The normalized spacial score (nSPS) is 12.8. The number of fused-ring (bicyclic) bond motifs is 1. The largest absolute Gasteiger partial charge is 0.490 e. The Labute approximate surface area is 150 Å². The van der Waals surface area contributed by atoms with Gasteiger partial charge in [0.05, 0.1) is 18.1 Å². The summed E-state index contributed by atoms with van der Waals surface area (Å²) in [5.74, 6) is 1.00. The van der Waals surface area contributed by atoms with Crippen LogP contribution in [0.1, 0.15) is 22.3 Å². The van der Waals surface area contributed by atoms with Crippen molar-refractivity contribution < 1.29 is 19.2 Å². The first-order chi connectivity index (χ1) is 12.6. The predicted molar refractivity (Wildman–Crippen MR) is 95.9 cm³/mol. The summed E-state index contributed by atoms with van der Waals surface area (Å²) in [5, 5.41) is 16.8. The highest BCUT2D eigenvalue weighted by atomic mass is 16.6. The number of nitrogens with zero attached hydrogens (tertiary/aromatic N) is 1. The number of carbonyl (C=O) groups excluding carboxylic acids is 1. The predicted octanol–water partition coefficient (Wildman–Crippen LogP) is 2.73. The van der Waals surface area contributed by atoms with Crippen LogP contribution in [0, 0.1) is 10.1 Å². The van der Waals surface area contributed by atoms with Crippen LogP contribution in [0.5, 0.6) is 11.5 Å². The molecule has 0 aliphatic carbocycles. The molecule has 1 heterocycles. The van der Waals surface area contributed by atoms with Crippen LogP contribution >= 0.6 is 0 Å². The van der Waals surface area contributed by atoms with E-state index < -0.39 is 4.92 Å². The zero-order valence-electron chi connectivity index (χ0n) is 14.3. The fraction of sp³-hybridized carbons (Fsp3) is 0.278. The Morgan fingerprint density at radius 2 is 1.92 bits per heavy atom. The molecule has 8 nitrogen and oxygen atoms in total. The van der Waals surface area contributed by atoms with E-state index in [9.17, 15) is 14.9 Å². The number of nitro benzene ring substituents is 1. The molecule has 0 spiro atoms. The van der Waals surface area contributed by atoms with Crippen molar-refractivity contribution in [1.29, 1.82) is 0 Å². The van der Waals surface area contributed by atoms with Gasteiger partial charge in [-0.25, -0.2) is 0 Å². The van der Waals surface area contributed by atoms with Gasteiger partial charge in [0.2, 0.25) is 0 Å². The van der Waals surface area contributed by atoms with Gasteiger partial charge in [-0.2, -0.15) is 0 Å². The zero-order valence-corrected chi connectivity index (χ0v) is 14.3. The molecule has 0 aromatic heterocycles. The Kier molecular flexibility index (Phi) is 5.21. The molecule has 3 rings (SSSR count). The van der Waals surface area contributed by atoms with Crippen LogP contribution in [0.4, 0.5) is 11.4 Å². The molecule has 2 N–H and O–H groups in total. The van der Waals surface area contributed by atoms with Gasteiger partial charge in [0, 0.05) is 31.6 Å². The Morgan fingerprint density at radius 1 is 1.15 bits per heavy atom. The number of hydrogen-bond acceptors (Lipinski definition) is 6. The van der Waals surface area contributed by atoms with Crippen LogP contribution < -0.4 is 20.1 Å². The van der Waals surface area contributed by atoms with Gasteiger partial charge in [0.1, 0.15) is 5.69 Å². The zero-order chi connectivity index (χ0) is 18.5. The number of benzene rings is 2. The van der Waals surface area contributed by atoms with E-state index in [2.05, 4.69) is 10.6 Å². The molecule has 136 valence electrons. The van der Waals surface area contributed by atoms with Crippen LogP contribution in [0.15, 0.2) is 36.4 Å². The lowest BCUT2D eigenvalue weighted by Gasteiger charge is -2.11. The summed E-state index contributed by atoms with van der Waals surface area (Å²) in [6.07, 6.45) is 0.826. The summed E-state index contributed by atoms with van der Waals surface area (Å²) >= 11 is 0. The third-order valence-electron chi connectivity index (χ3n) is 3.98. The summed E-state index contributed by atoms with van der Waals surface area (Å²) in [6.45, 7) is 1.58. The molecule has 1 aliphatic rings. The van der Waals surface area contributed by atoms with Gasteiger partial charge in [-0.05, 0) is 29.8 Å². The summed E-state index contributed by atoms with van der Waals surface area (Å²) < 4.78 is 11.2. The maximum absolute atomic E-state index is 11.7. The lowest BCUT2D eigenvalue weighted by Crippen LogP contribution is -2.18. The fourth-order valence-electron chi connectivity index (χ4n) is 2.63. The minimum atomic E-state index is -0.511. The standard InChI is InChI=1S/C18H19N3O5/c1-19-18(22)13-4-5-14(15(10-13)21(23)24)20-11-12-3-6-16-17(9-12)26-8-2-7-25-16/h3-6,9-10,20H,2,7-8,11H2,1H3,(H,19,22). The summed E-state index contributed by atoms with van der Waals surface area (Å²) in [4.78, 5) is 22.5. The first-order valence-corrected chi connectivity index (χ1v) is 8.21. The first kappa shape index (κ1) is 17.5. The minimum absolute atomic E-state index is 0.152. The van der Waals surface area contributed by atoms with E-state index in [1.807, 2.05) is 18.2 Å². The van der Waals surface area contributed by atoms with Crippen LogP contribution in [0.2, 0.25) is 0 Å². The van der Waals surface area contributed by atoms with E-state index in [4.69, 9.17) is 9.47 Å². The van der Waals surface area contributed by atoms with Crippen LogP contribution in [-0.2, 0) is 6.54 Å². The topological polar surface area (TPSA) is 103 Å². The van der Waals surface area contributed by atoms with E-state index in [1.54, 1.807) is 6.07 Å². The molecule has 0 bridgehead atoms. The van der Waals surface area contributed by atoms with E-state index in [-0.39, 0.29) is 17.2 Å². The van der Waals surface area contributed by atoms with E-state index in [0.717, 1.165) is 12.0 Å². The molecule has 0 atom stereocenters. The monoisotopic (exact) mass is 357 g/mol. The van der Waals surface area contributed by atoms with Gasteiger partial charge >= 0.3 is 0 Å². The van der Waals surface area contributed by atoms with Crippen molar-refractivity contribution in [2.45, 2.75) is 13.0 Å². The molecule has 0 radical (unpaired) electrons. The lowest BCUT2D eigenvalue weighted by molar-refractivity contribution is -0.384. The molecule has 0 saturated heterocycles. The summed E-state index contributed by atoms with van der Waals surface area (Å²) in [5.41, 5.74) is 1.33. The fourth-order valence-corrected chi connectivity index (χ4v) is 2.63. The SMILES string of the molecule is CNC(=O)c1ccc(NCc2ccc3c(c2)OCCCO3)c([N+](=O)[O-])c1. The Bertz CT molecular complexity index is 838. The Balaban J connectivity index is 1.78. The quantitative estimate of drug-likeness (QED) is 0.630. The van der Waals surface area contributed by atoms with Gasteiger partial charge in [0.15, 0.2) is 11.5 Å². The first-order valence-electron chi connectivity index (χ1n) is 8.21. The number of hydrogen-bond donors (Lipinski definition) is 2. The van der Waals surface area contributed by atoms with Crippen molar-refractivity contribution in [3.8, 4) is 11.5 Å². The molecular weight excluding hydrogens is 338 g/mol. The number of carbonyl (C=O) groups is 1. The number of nitrogens with one attached hydrogen (secondary N) is 2. The van der Waals surface area contributed by atoms with Crippen molar-refractivity contribution >= 4 is 17.3 Å². The average Bonchev–Trinajstić information content (AvgIpc) is 2.90. The van der Waals surface area contributed by atoms with Crippen LogP contribution in [-0.4, -0.2) is 31.1 Å². The molecule has 0 unspecified atom stereocenters. The van der Waals surface area contributed by atoms with Crippen molar-refractivity contribution in [1.82, 2.24) is 5.32 Å². The molecular formula is C18H19N3O5. The molecule has 2 aromatic carbocycles. The van der Waals surface area contributed by atoms with Crippen molar-refractivity contribution in [3.63, 3.8) is 0 Å². The third-order valence-corrected chi connectivity index (χ3v) is 3.98. The van der Waals surface area contributed by atoms with Crippen molar-refractivity contribution in [2.75, 3.05) is 25.6 Å². The lowest BCUT2D eigenvalue weighted by atomic mass is 10.1. The van der Waals surface area contributed by atoms with E-state index in [1.165, 1.54) is 19.2 Å². The molecule has 26 heavy (non-hydrogen) atoms. The molecule has 8 heteroatoms. The minimum Gasteiger partial charge on any atom is -0.490 e. The van der Waals surface area contributed by atoms with Crippen LogP contribution in [0.3, 0.4) is 0 Å². The maximum Gasteiger partial charge on any atom is 0.293 e. The second-order valence-corrected chi connectivity index (χ2v) is 5.75. The number of nitro groups is 1. The molecule has 1 aliphatic heterocycles. The summed E-state index contributed by atoms with van der Waals surface area (Å²) in [6, 6.07) is 9.91. The van der Waals surface area contributed by atoms with Gasteiger partial charge in [-0.3, -0.25) is 14.9 Å². The highest BCUT2D eigenvalue weighted by Gasteiger charge is 2.17. The van der Waals surface area contributed by atoms with Crippen molar-refractivity contribution in [3.05, 3.63) is 57.6 Å². The van der Waals surface area contributed by atoms with E-state index >= 15 is 0 Å². The van der Waals surface area contributed by atoms with Gasteiger partial charge in [-0.1, -0.05) is 6.07 Å². The second-order valence-electron chi connectivity index (χ2n) is 5.75. The van der Waals surface area contributed by atoms with Crippen molar-refractivity contribution in [2.24, 2.45) is 0 Å². The van der Waals surface area contributed by atoms with E-state index in [0.29, 0.717) is 36.9 Å². The number of anilines is 1. The van der Waals surface area contributed by atoms with Crippen LogP contribution in [0.25, 0.3) is 0 Å². The average molecular weight is 357 g/mol. The smallest absolute Gasteiger partial charge is 0.293 e. The molecule has 1 amide bonds. The molecule has 0 fully saturated rings. The van der Waals surface area contributed by atoms with Gasteiger partial charge in [-0.15, -0.1) is 0 Å². The number of amides is 1. The number of rotatable bonds is 5. The molecule has 2 aromatic rings. The van der Waals surface area contributed by atoms with Gasteiger partial charge < -0.3 is 20.1 Å². The Morgan fingerprint density at radius 3 is 2.65 bits per heavy atom. The highest BCUT2D eigenvalue weighted by molar-refractivity contribution is 5.95. The molecule has 0 saturated carbocycles.